The van der Waals surface area contributed by atoms with Crippen LogP contribution in [0.3, 0.4) is 0 Å². The lowest BCUT2D eigenvalue weighted by Gasteiger charge is -2.32. The Hall–Kier alpha value is -0.750. The molecule has 1 atom stereocenters. The molecule has 0 N–H and O–H groups in total. The second-order valence-corrected chi connectivity index (χ2v) is 6.61. The number of halogens is 1. The molecule has 0 radical (unpaired) electrons. The summed E-state index contributed by atoms with van der Waals surface area (Å²) >= 11 is 5.54. The molecule has 0 spiro atoms. The van der Waals surface area contributed by atoms with Gasteiger partial charge in [-0.3, -0.25) is 0 Å². The minimum Gasteiger partial charge on any atom is -0.352 e. The predicted molar refractivity (Wildman–Crippen MR) is 79.4 cm³/mol. The quantitative estimate of drug-likeness (QED) is 0.849. The van der Waals surface area contributed by atoms with Crippen LogP contribution in [0.15, 0.2) is 23.2 Å². The Labute approximate surface area is 119 Å². The van der Waals surface area contributed by atoms with Crippen LogP contribution in [0.2, 0.25) is 0 Å². The molecule has 96 valence electrons. The number of hydrogen-bond donors (Lipinski definition) is 0. The van der Waals surface area contributed by atoms with Crippen LogP contribution in [-0.2, 0) is 0 Å². The molecule has 2 aromatic heterocycles. The fraction of sp³-hybridized carbons (Fsp3) is 0.500. The molecular formula is C12H15BrN4S. The van der Waals surface area contributed by atoms with E-state index in [0.717, 1.165) is 29.2 Å². The normalized spacial score (nSPS) is 20.6. The number of imidazole rings is 1. The average molecular weight is 327 g/mol. The highest BCUT2D eigenvalue weighted by atomic mass is 79.9. The lowest BCUT2D eigenvalue weighted by Crippen LogP contribution is -2.38. The van der Waals surface area contributed by atoms with Gasteiger partial charge in [-0.25, -0.2) is 9.97 Å². The van der Waals surface area contributed by atoms with E-state index < -0.39 is 0 Å². The van der Waals surface area contributed by atoms with Gasteiger partial charge in [0, 0.05) is 42.7 Å². The second-order valence-electron chi connectivity index (χ2n) is 4.39. The highest BCUT2D eigenvalue weighted by Crippen LogP contribution is 2.27. The van der Waals surface area contributed by atoms with Gasteiger partial charge >= 0.3 is 0 Å². The van der Waals surface area contributed by atoms with Gasteiger partial charge in [-0.15, -0.1) is 0 Å². The third-order valence-corrected chi connectivity index (χ3v) is 4.97. The molecule has 2 aromatic rings. The smallest absolute Gasteiger partial charge is 0.180 e. The Balaban J connectivity index is 2.00. The molecule has 1 saturated heterocycles. The van der Waals surface area contributed by atoms with Crippen molar-refractivity contribution in [3.63, 3.8) is 0 Å². The first kappa shape index (κ1) is 12.3. The molecule has 0 saturated carbocycles. The van der Waals surface area contributed by atoms with Crippen LogP contribution < -0.4 is 4.90 Å². The van der Waals surface area contributed by atoms with Gasteiger partial charge < -0.3 is 9.30 Å². The fourth-order valence-corrected chi connectivity index (χ4v) is 3.82. The number of thioether (sulfide) groups is 1. The summed E-state index contributed by atoms with van der Waals surface area (Å²) in [5, 5.41) is 0.703. The van der Waals surface area contributed by atoms with Crippen molar-refractivity contribution >= 4 is 39.2 Å². The molecule has 1 unspecified atom stereocenters. The summed E-state index contributed by atoms with van der Waals surface area (Å²) in [6.07, 6.45) is 6.94. The van der Waals surface area contributed by atoms with Gasteiger partial charge in [0.15, 0.2) is 11.5 Å². The molecule has 1 aliphatic rings. The van der Waals surface area contributed by atoms with E-state index >= 15 is 0 Å². The average Bonchev–Trinajstić information content (AvgIpc) is 2.85. The minimum atomic E-state index is 0.703. The van der Waals surface area contributed by atoms with Crippen molar-refractivity contribution in [2.75, 3.05) is 23.7 Å². The van der Waals surface area contributed by atoms with Crippen molar-refractivity contribution in [2.24, 2.45) is 0 Å². The fourth-order valence-electron chi connectivity index (χ4n) is 2.26. The SMILES string of the molecule is CCC1CN(c2nc(Br)cn3ccnc23)CCS1. The Morgan fingerprint density at radius 1 is 1.56 bits per heavy atom. The van der Waals surface area contributed by atoms with Crippen LogP contribution in [0.4, 0.5) is 5.82 Å². The highest BCUT2D eigenvalue weighted by molar-refractivity contribution is 9.10. The third kappa shape index (κ3) is 2.23. The molecule has 18 heavy (non-hydrogen) atoms. The maximum absolute atomic E-state index is 4.62. The number of hydrogen-bond acceptors (Lipinski definition) is 4. The van der Waals surface area contributed by atoms with E-state index in [2.05, 4.69) is 49.5 Å². The lowest BCUT2D eigenvalue weighted by atomic mass is 10.3. The van der Waals surface area contributed by atoms with E-state index in [1.54, 1.807) is 0 Å². The van der Waals surface area contributed by atoms with Crippen molar-refractivity contribution in [3.05, 3.63) is 23.2 Å². The number of fused-ring (bicyclic) bond motifs is 1. The van der Waals surface area contributed by atoms with Crippen LogP contribution in [0.5, 0.6) is 0 Å². The van der Waals surface area contributed by atoms with Gasteiger partial charge in [-0.1, -0.05) is 6.92 Å². The topological polar surface area (TPSA) is 33.4 Å². The van der Waals surface area contributed by atoms with Crippen LogP contribution in [-0.4, -0.2) is 38.5 Å². The number of anilines is 1. The number of rotatable bonds is 2. The zero-order valence-electron chi connectivity index (χ0n) is 10.2. The Morgan fingerprint density at radius 2 is 2.44 bits per heavy atom. The summed E-state index contributed by atoms with van der Waals surface area (Å²) in [5.41, 5.74) is 0.944. The van der Waals surface area contributed by atoms with E-state index in [-0.39, 0.29) is 0 Å². The van der Waals surface area contributed by atoms with E-state index in [4.69, 9.17) is 0 Å². The maximum atomic E-state index is 4.62. The number of aromatic nitrogens is 3. The maximum Gasteiger partial charge on any atom is 0.180 e. The van der Waals surface area contributed by atoms with Crippen LogP contribution in [0.25, 0.3) is 5.65 Å². The van der Waals surface area contributed by atoms with Crippen molar-refractivity contribution in [1.29, 1.82) is 0 Å². The summed E-state index contributed by atoms with van der Waals surface area (Å²) in [6, 6.07) is 0. The summed E-state index contributed by atoms with van der Waals surface area (Å²) in [7, 11) is 0. The summed E-state index contributed by atoms with van der Waals surface area (Å²) < 4.78 is 2.88. The lowest BCUT2D eigenvalue weighted by molar-refractivity contribution is 0.719. The standard InChI is InChI=1S/C12H15BrN4S/c1-2-9-7-17(5-6-18-9)12-11-14-3-4-16(11)8-10(13)15-12/h3-4,8-9H,2,5-7H2,1H3. The largest absolute Gasteiger partial charge is 0.352 e. The van der Waals surface area contributed by atoms with Gasteiger partial charge in [0.25, 0.3) is 0 Å². The van der Waals surface area contributed by atoms with Crippen molar-refractivity contribution in [2.45, 2.75) is 18.6 Å². The summed E-state index contributed by atoms with van der Waals surface area (Å²) in [4.78, 5) is 11.4. The monoisotopic (exact) mass is 326 g/mol. The van der Waals surface area contributed by atoms with Crippen molar-refractivity contribution < 1.29 is 0 Å². The van der Waals surface area contributed by atoms with Gasteiger partial charge in [-0.05, 0) is 22.4 Å². The van der Waals surface area contributed by atoms with Crippen LogP contribution >= 0.6 is 27.7 Å². The highest BCUT2D eigenvalue weighted by Gasteiger charge is 2.22. The Morgan fingerprint density at radius 3 is 3.28 bits per heavy atom. The van der Waals surface area contributed by atoms with Crippen molar-refractivity contribution in [1.82, 2.24) is 14.4 Å². The minimum absolute atomic E-state index is 0.703. The predicted octanol–water partition coefficient (Wildman–Crippen LogP) is 2.82. The van der Waals surface area contributed by atoms with Crippen LogP contribution in [0.1, 0.15) is 13.3 Å². The molecule has 3 heterocycles. The van der Waals surface area contributed by atoms with Gasteiger partial charge in [0.2, 0.25) is 0 Å². The van der Waals surface area contributed by atoms with E-state index in [1.165, 1.54) is 12.2 Å². The third-order valence-electron chi connectivity index (χ3n) is 3.22. The molecular weight excluding hydrogens is 312 g/mol. The van der Waals surface area contributed by atoms with Crippen LogP contribution in [0, 0.1) is 0 Å². The molecule has 4 nitrogen and oxygen atoms in total. The first-order chi connectivity index (χ1) is 8.78. The van der Waals surface area contributed by atoms with E-state index in [9.17, 15) is 0 Å². The molecule has 1 fully saturated rings. The summed E-state index contributed by atoms with van der Waals surface area (Å²) in [5.74, 6) is 2.16. The second kappa shape index (κ2) is 5.09. The molecule has 0 bridgehead atoms. The molecule has 0 aromatic carbocycles. The summed E-state index contributed by atoms with van der Waals surface area (Å²) in [6.45, 7) is 4.36. The molecule has 6 heteroatoms. The van der Waals surface area contributed by atoms with E-state index in [0.29, 0.717) is 5.25 Å². The van der Waals surface area contributed by atoms with E-state index in [1.807, 2.05) is 23.0 Å². The van der Waals surface area contributed by atoms with Gasteiger partial charge in [-0.2, -0.15) is 11.8 Å². The molecule has 3 rings (SSSR count). The zero-order chi connectivity index (χ0) is 12.5. The number of nitrogens with zero attached hydrogens (tertiary/aromatic N) is 4. The van der Waals surface area contributed by atoms with Gasteiger partial charge in [0.05, 0.1) is 0 Å². The zero-order valence-corrected chi connectivity index (χ0v) is 12.6. The first-order valence-electron chi connectivity index (χ1n) is 6.13. The Kier molecular flexibility index (Phi) is 3.48. The molecule has 0 amide bonds. The molecule has 0 aliphatic carbocycles. The van der Waals surface area contributed by atoms with Crippen molar-refractivity contribution in [3.8, 4) is 0 Å². The molecule has 1 aliphatic heterocycles. The first-order valence-corrected chi connectivity index (χ1v) is 7.98. The van der Waals surface area contributed by atoms with Gasteiger partial charge in [0.1, 0.15) is 4.60 Å². The Bertz CT molecular complexity index is 556.